The third-order valence-corrected chi connectivity index (χ3v) is 3.57. The third-order valence-electron chi connectivity index (χ3n) is 3.57. The topological polar surface area (TPSA) is 50.7 Å². The highest BCUT2D eigenvalue weighted by Crippen LogP contribution is 2.31. The summed E-state index contributed by atoms with van der Waals surface area (Å²) in [5.74, 6) is 0. The minimum absolute atomic E-state index is 0.664. The van der Waals surface area contributed by atoms with Gasteiger partial charge in [-0.05, 0) is 62.1 Å². The molecule has 19 heavy (non-hydrogen) atoms. The molecule has 98 valence electrons. The van der Waals surface area contributed by atoms with Crippen molar-refractivity contribution in [3.05, 3.63) is 52.6 Å². The van der Waals surface area contributed by atoms with Gasteiger partial charge in [-0.3, -0.25) is 0 Å². The molecule has 0 spiro atoms. The summed E-state index contributed by atoms with van der Waals surface area (Å²) in [6.45, 7) is 8.19. The highest BCUT2D eigenvalue weighted by atomic mass is 15.1. The Labute approximate surface area is 114 Å². The molecule has 0 aliphatic rings. The van der Waals surface area contributed by atoms with Crippen LogP contribution in [0.15, 0.2) is 40.6 Å². The third kappa shape index (κ3) is 2.65. The van der Waals surface area contributed by atoms with E-state index in [-0.39, 0.29) is 0 Å². The second kappa shape index (κ2) is 5.22. The average molecular weight is 253 g/mol. The van der Waals surface area contributed by atoms with E-state index in [1.54, 1.807) is 0 Å². The number of azo groups is 1. The first-order chi connectivity index (χ1) is 9.00. The van der Waals surface area contributed by atoms with E-state index < -0.39 is 0 Å². The summed E-state index contributed by atoms with van der Waals surface area (Å²) in [5.41, 5.74) is 12.9. The van der Waals surface area contributed by atoms with Crippen LogP contribution >= 0.6 is 0 Å². The molecule has 0 fully saturated rings. The number of hydrogen-bond acceptors (Lipinski definition) is 3. The number of nitrogens with two attached hydrogens (primary N) is 1. The first-order valence-electron chi connectivity index (χ1n) is 6.34. The fourth-order valence-electron chi connectivity index (χ4n) is 1.90. The lowest BCUT2D eigenvalue weighted by Gasteiger charge is -2.07. The van der Waals surface area contributed by atoms with E-state index in [0.717, 1.165) is 22.5 Å². The fourth-order valence-corrected chi connectivity index (χ4v) is 1.90. The molecule has 0 aliphatic heterocycles. The summed E-state index contributed by atoms with van der Waals surface area (Å²) in [6, 6.07) is 9.90. The van der Waals surface area contributed by atoms with Crippen molar-refractivity contribution in [2.75, 3.05) is 5.73 Å². The van der Waals surface area contributed by atoms with Crippen molar-refractivity contribution in [3.63, 3.8) is 0 Å². The maximum Gasteiger partial charge on any atom is 0.112 e. The van der Waals surface area contributed by atoms with Crippen molar-refractivity contribution < 1.29 is 0 Å². The molecule has 2 rings (SSSR count). The van der Waals surface area contributed by atoms with Crippen molar-refractivity contribution >= 4 is 17.1 Å². The Bertz CT molecular complexity index is 643. The molecule has 0 saturated heterocycles. The van der Waals surface area contributed by atoms with Crippen LogP contribution < -0.4 is 5.73 Å². The molecule has 0 saturated carbocycles. The molecule has 0 unspecified atom stereocenters. The monoisotopic (exact) mass is 253 g/mol. The second-order valence-corrected chi connectivity index (χ2v) is 4.86. The van der Waals surface area contributed by atoms with Crippen LogP contribution in [0.2, 0.25) is 0 Å². The molecule has 0 bridgehead atoms. The molecule has 2 aromatic carbocycles. The van der Waals surface area contributed by atoms with Gasteiger partial charge < -0.3 is 5.73 Å². The highest BCUT2D eigenvalue weighted by molar-refractivity contribution is 5.68. The van der Waals surface area contributed by atoms with E-state index in [2.05, 4.69) is 30.1 Å². The largest absolute Gasteiger partial charge is 0.397 e. The summed E-state index contributed by atoms with van der Waals surface area (Å²) in [6.07, 6.45) is 0. The van der Waals surface area contributed by atoms with Crippen LogP contribution in [0.3, 0.4) is 0 Å². The average Bonchev–Trinajstić information content (AvgIpc) is 2.39. The number of benzene rings is 2. The molecule has 2 N–H and O–H groups in total. The van der Waals surface area contributed by atoms with E-state index in [1.165, 1.54) is 11.1 Å². The molecule has 0 atom stereocenters. The number of anilines is 1. The Morgan fingerprint density at radius 3 is 2.21 bits per heavy atom. The van der Waals surface area contributed by atoms with Crippen LogP contribution in [-0.2, 0) is 0 Å². The van der Waals surface area contributed by atoms with E-state index >= 15 is 0 Å². The predicted octanol–water partition coefficient (Wildman–Crippen LogP) is 4.92. The van der Waals surface area contributed by atoms with Gasteiger partial charge >= 0.3 is 0 Å². The van der Waals surface area contributed by atoms with Gasteiger partial charge in [0.05, 0.1) is 11.4 Å². The van der Waals surface area contributed by atoms with Gasteiger partial charge in [-0.15, -0.1) is 5.11 Å². The Kier molecular flexibility index (Phi) is 3.65. The van der Waals surface area contributed by atoms with Crippen molar-refractivity contribution in [1.82, 2.24) is 0 Å². The molecule has 0 aromatic heterocycles. The zero-order valence-electron chi connectivity index (χ0n) is 11.9. The molecular formula is C16H19N3. The summed E-state index contributed by atoms with van der Waals surface area (Å²) >= 11 is 0. The zero-order valence-corrected chi connectivity index (χ0v) is 11.9. The maximum absolute atomic E-state index is 5.97. The second-order valence-electron chi connectivity index (χ2n) is 4.86. The Balaban J connectivity index is 2.44. The SMILES string of the molecule is Cc1cccc(/N=N/c2c(N)ccc(C)c2C)c1C. The normalized spacial score (nSPS) is 11.2. The van der Waals surface area contributed by atoms with E-state index in [9.17, 15) is 0 Å². The van der Waals surface area contributed by atoms with Crippen LogP contribution in [0, 0.1) is 27.7 Å². The quantitative estimate of drug-likeness (QED) is 0.599. The molecule has 3 heteroatoms. The molecule has 3 nitrogen and oxygen atoms in total. The van der Waals surface area contributed by atoms with Crippen LogP contribution in [0.4, 0.5) is 17.1 Å². The first kappa shape index (κ1) is 13.3. The van der Waals surface area contributed by atoms with Crippen LogP contribution in [-0.4, -0.2) is 0 Å². The summed E-state index contributed by atoms with van der Waals surface area (Å²) < 4.78 is 0. The van der Waals surface area contributed by atoms with Gasteiger partial charge in [0.2, 0.25) is 0 Å². The lowest BCUT2D eigenvalue weighted by atomic mass is 10.1. The molecule has 0 aliphatic carbocycles. The Hall–Kier alpha value is -2.16. The fraction of sp³-hybridized carbons (Fsp3) is 0.250. The van der Waals surface area contributed by atoms with Gasteiger partial charge in [-0.1, -0.05) is 18.2 Å². The maximum atomic E-state index is 5.97. The van der Waals surface area contributed by atoms with Gasteiger partial charge in [0, 0.05) is 0 Å². The molecule has 0 amide bonds. The van der Waals surface area contributed by atoms with Crippen molar-refractivity contribution in [3.8, 4) is 0 Å². The van der Waals surface area contributed by atoms with Crippen LogP contribution in [0.5, 0.6) is 0 Å². The lowest BCUT2D eigenvalue weighted by molar-refractivity contribution is 1.17. The smallest absolute Gasteiger partial charge is 0.112 e. The van der Waals surface area contributed by atoms with Crippen LogP contribution in [0.25, 0.3) is 0 Å². The number of aryl methyl sites for hydroxylation is 2. The molecule has 0 radical (unpaired) electrons. The molecule has 0 heterocycles. The minimum atomic E-state index is 0.664. The number of nitrogens with zero attached hydrogens (tertiary/aromatic N) is 2. The van der Waals surface area contributed by atoms with E-state index in [1.807, 2.05) is 38.1 Å². The summed E-state index contributed by atoms with van der Waals surface area (Å²) in [4.78, 5) is 0. The van der Waals surface area contributed by atoms with Gasteiger partial charge in [-0.25, -0.2) is 0 Å². The Morgan fingerprint density at radius 2 is 1.47 bits per heavy atom. The lowest BCUT2D eigenvalue weighted by Crippen LogP contribution is -1.90. The standard InChI is InChI=1S/C16H19N3/c1-10-6-5-7-15(12(10)3)18-19-16-13(4)11(2)8-9-14(16)17/h5-9H,17H2,1-4H3/b19-18+. The van der Waals surface area contributed by atoms with E-state index in [4.69, 9.17) is 5.73 Å². The zero-order chi connectivity index (χ0) is 14.0. The molecule has 2 aromatic rings. The van der Waals surface area contributed by atoms with Gasteiger partial charge in [0.1, 0.15) is 5.69 Å². The van der Waals surface area contributed by atoms with Gasteiger partial charge in [0.15, 0.2) is 0 Å². The van der Waals surface area contributed by atoms with Crippen LogP contribution in [0.1, 0.15) is 22.3 Å². The number of nitrogen functional groups attached to an aromatic ring is 1. The Morgan fingerprint density at radius 1 is 0.789 bits per heavy atom. The minimum Gasteiger partial charge on any atom is -0.397 e. The van der Waals surface area contributed by atoms with E-state index in [0.29, 0.717) is 5.69 Å². The van der Waals surface area contributed by atoms with Gasteiger partial charge in [0.25, 0.3) is 0 Å². The van der Waals surface area contributed by atoms with Crippen molar-refractivity contribution in [2.45, 2.75) is 27.7 Å². The summed E-state index contributed by atoms with van der Waals surface area (Å²) in [5, 5.41) is 8.68. The predicted molar refractivity (Wildman–Crippen MR) is 80.4 cm³/mol. The van der Waals surface area contributed by atoms with Gasteiger partial charge in [-0.2, -0.15) is 5.11 Å². The molecular weight excluding hydrogens is 234 g/mol. The van der Waals surface area contributed by atoms with Crippen molar-refractivity contribution in [2.24, 2.45) is 10.2 Å². The number of rotatable bonds is 2. The highest BCUT2D eigenvalue weighted by Gasteiger charge is 2.05. The first-order valence-corrected chi connectivity index (χ1v) is 6.34. The summed E-state index contributed by atoms with van der Waals surface area (Å²) in [7, 11) is 0. The number of hydrogen-bond donors (Lipinski definition) is 1. The van der Waals surface area contributed by atoms with Crippen molar-refractivity contribution in [1.29, 1.82) is 0 Å².